The van der Waals surface area contributed by atoms with Gasteiger partial charge in [-0.1, -0.05) is 37.6 Å². The number of H-pyrrole nitrogens is 1. The van der Waals surface area contributed by atoms with Crippen molar-refractivity contribution in [2.75, 3.05) is 13.2 Å². The lowest BCUT2D eigenvalue weighted by molar-refractivity contribution is 0.0741. The van der Waals surface area contributed by atoms with Crippen LogP contribution in [0.25, 0.3) is 11.3 Å². The highest BCUT2D eigenvalue weighted by Crippen LogP contribution is 2.44. The Morgan fingerprint density at radius 1 is 1.17 bits per heavy atom. The standard InChI is InChI=1S/C23H25N3O3/c1-3-5-13-26-22(15-9-8-10-16(14-15)29-4-2)19-20(24-25-21(19)23(26)28)17-11-6-7-12-18(17)27/h6-12,14,22,27H,3-5,13H2,1-2H3,(H,24,25). The van der Waals surface area contributed by atoms with E-state index in [1.807, 2.05) is 48.2 Å². The molecule has 1 aliphatic rings. The number of hydrogen-bond donors (Lipinski definition) is 2. The van der Waals surface area contributed by atoms with Gasteiger partial charge in [0.25, 0.3) is 5.91 Å². The molecular formula is C23H25N3O3. The molecule has 2 aromatic carbocycles. The number of carbonyl (C=O) groups excluding carboxylic acids is 1. The number of nitrogens with one attached hydrogen (secondary N) is 1. The number of para-hydroxylation sites is 1. The largest absolute Gasteiger partial charge is 0.507 e. The van der Waals surface area contributed by atoms with Crippen LogP contribution in [-0.4, -0.2) is 39.3 Å². The molecule has 0 fully saturated rings. The van der Waals surface area contributed by atoms with Crippen LogP contribution in [0.4, 0.5) is 0 Å². The van der Waals surface area contributed by atoms with E-state index in [1.165, 1.54) is 0 Å². The van der Waals surface area contributed by atoms with Gasteiger partial charge in [-0.2, -0.15) is 5.10 Å². The number of aromatic nitrogens is 2. The van der Waals surface area contributed by atoms with Crippen LogP contribution in [0.15, 0.2) is 48.5 Å². The number of unbranched alkanes of at least 4 members (excludes halogenated alkanes) is 1. The van der Waals surface area contributed by atoms with E-state index in [0.29, 0.717) is 30.1 Å². The number of fused-ring (bicyclic) bond motifs is 1. The van der Waals surface area contributed by atoms with Gasteiger partial charge >= 0.3 is 0 Å². The summed E-state index contributed by atoms with van der Waals surface area (Å²) in [5.41, 5.74) is 3.49. The van der Waals surface area contributed by atoms with E-state index in [9.17, 15) is 9.90 Å². The number of ether oxygens (including phenoxy) is 1. The fourth-order valence-electron chi connectivity index (χ4n) is 3.92. The van der Waals surface area contributed by atoms with Gasteiger partial charge in [-0.3, -0.25) is 9.89 Å². The van der Waals surface area contributed by atoms with Crippen LogP contribution in [0.2, 0.25) is 0 Å². The second kappa shape index (κ2) is 7.99. The van der Waals surface area contributed by atoms with E-state index in [-0.39, 0.29) is 17.7 Å². The number of rotatable bonds is 7. The Bertz CT molecular complexity index is 1030. The SMILES string of the molecule is CCCCN1C(=O)c2[nH]nc(-c3ccccc3O)c2C1c1cccc(OCC)c1. The molecule has 2 heterocycles. The van der Waals surface area contributed by atoms with Crippen LogP contribution in [0.5, 0.6) is 11.5 Å². The van der Waals surface area contributed by atoms with Crippen LogP contribution in [0.1, 0.15) is 54.3 Å². The number of aromatic amines is 1. The molecule has 0 radical (unpaired) electrons. The van der Waals surface area contributed by atoms with Crippen LogP contribution in [0, 0.1) is 0 Å². The average molecular weight is 391 g/mol. The van der Waals surface area contributed by atoms with Crippen LogP contribution in [0.3, 0.4) is 0 Å². The maximum Gasteiger partial charge on any atom is 0.273 e. The normalized spacial score (nSPS) is 15.6. The number of nitrogens with zero attached hydrogens (tertiary/aromatic N) is 2. The van der Waals surface area contributed by atoms with Crippen molar-refractivity contribution >= 4 is 5.91 Å². The number of aromatic hydroxyl groups is 1. The molecule has 6 nitrogen and oxygen atoms in total. The van der Waals surface area contributed by atoms with Crippen molar-refractivity contribution in [2.45, 2.75) is 32.7 Å². The first kappa shape index (κ1) is 19.1. The second-order valence-corrected chi connectivity index (χ2v) is 7.14. The molecule has 0 saturated carbocycles. The van der Waals surface area contributed by atoms with Gasteiger partial charge in [-0.15, -0.1) is 0 Å². The van der Waals surface area contributed by atoms with E-state index in [2.05, 4.69) is 17.1 Å². The van der Waals surface area contributed by atoms with Gasteiger partial charge in [-0.25, -0.2) is 0 Å². The van der Waals surface area contributed by atoms with Crippen LogP contribution >= 0.6 is 0 Å². The Morgan fingerprint density at radius 3 is 2.76 bits per heavy atom. The summed E-state index contributed by atoms with van der Waals surface area (Å²) in [7, 11) is 0. The van der Waals surface area contributed by atoms with Crippen molar-refractivity contribution in [1.82, 2.24) is 15.1 Å². The molecule has 4 rings (SSSR count). The molecular weight excluding hydrogens is 366 g/mol. The lowest BCUT2D eigenvalue weighted by Crippen LogP contribution is -2.30. The summed E-state index contributed by atoms with van der Waals surface area (Å²) in [5.74, 6) is 0.853. The number of phenols is 1. The zero-order valence-electron chi connectivity index (χ0n) is 16.7. The first-order valence-corrected chi connectivity index (χ1v) is 10.1. The zero-order valence-corrected chi connectivity index (χ0v) is 16.7. The third-order valence-corrected chi connectivity index (χ3v) is 5.26. The third-order valence-electron chi connectivity index (χ3n) is 5.26. The van der Waals surface area contributed by atoms with Crippen molar-refractivity contribution in [3.63, 3.8) is 0 Å². The predicted molar refractivity (Wildman–Crippen MR) is 111 cm³/mol. The highest BCUT2D eigenvalue weighted by Gasteiger charge is 2.42. The molecule has 2 N–H and O–H groups in total. The summed E-state index contributed by atoms with van der Waals surface area (Å²) < 4.78 is 5.69. The van der Waals surface area contributed by atoms with Gasteiger partial charge < -0.3 is 14.7 Å². The molecule has 150 valence electrons. The highest BCUT2D eigenvalue weighted by molar-refractivity contribution is 6.00. The minimum Gasteiger partial charge on any atom is -0.507 e. The Morgan fingerprint density at radius 2 is 2.00 bits per heavy atom. The highest BCUT2D eigenvalue weighted by atomic mass is 16.5. The molecule has 1 aromatic heterocycles. The molecule has 1 unspecified atom stereocenters. The summed E-state index contributed by atoms with van der Waals surface area (Å²) in [6.07, 6.45) is 1.91. The minimum atomic E-state index is -0.280. The van der Waals surface area contributed by atoms with Crippen molar-refractivity contribution in [1.29, 1.82) is 0 Å². The van der Waals surface area contributed by atoms with Gasteiger partial charge in [0.15, 0.2) is 0 Å². The Balaban J connectivity index is 1.86. The van der Waals surface area contributed by atoms with Crippen molar-refractivity contribution in [3.8, 4) is 22.8 Å². The molecule has 1 atom stereocenters. The summed E-state index contributed by atoms with van der Waals surface area (Å²) in [6.45, 7) is 5.29. The van der Waals surface area contributed by atoms with Gasteiger partial charge in [-0.05, 0) is 43.2 Å². The fourth-order valence-corrected chi connectivity index (χ4v) is 3.92. The Kier molecular flexibility index (Phi) is 5.25. The van der Waals surface area contributed by atoms with E-state index >= 15 is 0 Å². The van der Waals surface area contributed by atoms with Crippen molar-refractivity contribution in [2.24, 2.45) is 0 Å². The number of benzene rings is 2. The molecule has 29 heavy (non-hydrogen) atoms. The van der Waals surface area contributed by atoms with Crippen LogP contribution < -0.4 is 4.74 Å². The molecule has 1 aliphatic heterocycles. The molecule has 0 bridgehead atoms. The topological polar surface area (TPSA) is 78.5 Å². The first-order valence-electron chi connectivity index (χ1n) is 10.1. The monoisotopic (exact) mass is 391 g/mol. The third kappa shape index (κ3) is 3.35. The van der Waals surface area contributed by atoms with Crippen molar-refractivity contribution < 1.29 is 14.6 Å². The van der Waals surface area contributed by atoms with Gasteiger partial charge in [0.05, 0.1) is 12.6 Å². The average Bonchev–Trinajstić information content (AvgIpc) is 3.26. The van der Waals surface area contributed by atoms with Gasteiger partial charge in [0, 0.05) is 17.7 Å². The first-order chi connectivity index (χ1) is 14.2. The summed E-state index contributed by atoms with van der Waals surface area (Å²) in [4.78, 5) is 15.1. The maximum absolute atomic E-state index is 13.2. The number of carbonyl (C=O) groups is 1. The summed E-state index contributed by atoms with van der Waals surface area (Å²) in [6, 6.07) is 14.7. The fraction of sp³-hybridized carbons (Fsp3) is 0.304. The molecule has 0 saturated heterocycles. The zero-order chi connectivity index (χ0) is 20.4. The van der Waals surface area contributed by atoms with Crippen LogP contribution in [-0.2, 0) is 0 Å². The maximum atomic E-state index is 13.2. The summed E-state index contributed by atoms with van der Waals surface area (Å²) in [5, 5.41) is 17.7. The molecule has 3 aromatic rings. The Hall–Kier alpha value is -3.28. The molecule has 0 aliphatic carbocycles. The molecule has 6 heteroatoms. The lowest BCUT2D eigenvalue weighted by atomic mass is 9.95. The Labute approximate surface area is 170 Å². The molecule has 1 amide bonds. The van der Waals surface area contributed by atoms with E-state index in [1.54, 1.807) is 12.1 Å². The lowest BCUT2D eigenvalue weighted by Gasteiger charge is -2.26. The number of amides is 1. The quantitative estimate of drug-likeness (QED) is 0.620. The van der Waals surface area contributed by atoms with E-state index in [4.69, 9.17) is 4.74 Å². The van der Waals surface area contributed by atoms with Gasteiger partial charge in [0.2, 0.25) is 0 Å². The number of phenolic OH excluding ortho intramolecular Hbond substituents is 1. The predicted octanol–water partition coefficient (Wildman–Crippen LogP) is 4.53. The summed E-state index contributed by atoms with van der Waals surface area (Å²) >= 11 is 0. The van der Waals surface area contributed by atoms with Crippen molar-refractivity contribution in [3.05, 3.63) is 65.4 Å². The smallest absolute Gasteiger partial charge is 0.273 e. The minimum absolute atomic E-state index is 0.0607. The van der Waals surface area contributed by atoms with Gasteiger partial charge in [0.1, 0.15) is 22.9 Å². The van der Waals surface area contributed by atoms with E-state index < -0.39 is 0 Å². The number of hydrogen-bond acceptors (Lipinski definition) is 4. The molecule has 0 spiro atoms. The second-order valence-electron chi connectivity index (χ2n) is 7.14. The van der Waals surface area contributed by atoms with E-state index in [0.717, 1.165) is 29.7 Å².